The Labute approximate surface area is 104 Å². The van der Waals surface area contributed by atoms with Crippen molar-refractivity contribution in [2.75, 3.05) is 0 Å². The van der Waals surface area contributed by atoms with Gasteiger partial charge in [0.05, 0.1) is 12.1 Å². The van der Waals surface area contributed by atoms with Crippen LogP contribution in [0.5, 0.6) is 0 Å². The summed E-state index contributed by atoms with van der Waals surface area (Å²) in [5.74, 6) is -0.845. The van der Waals surface area contributed by atoms with Gasteiger partial charge >= 0.3 is 5.97 Å². The predicted octanol–water partition coefficient (Wildman–Crippen LogP) is 3.05. The summed E-state index contributed by atoms with van der Waals surface area (Å²) in [5, 5.41) is 11.4. The maximum absolute atomic E-state index is 10.6. The molecule has 1 N–H and O–H groups in total. The van der Waals surface area contributed by atoms with Crippen molar-refractivity contribution in [3.05, 3.63) is 40.4 Å². The maximum Gasteiger partial charge on any atom is 0.309 e. The molecule has 88 valence electrons. The number of carboxylic acid groups (broad SMARTS) is 1. The minimum absolute atomic E-state index is 0.0126. The number of aryl methyl sites for hydroxylation is 2. The molecule has 0 saturated carbocycles. The molecule has 2 aromatic rings. The van der Waals surface area contributed by atoms with Crippen LogP contribution in [0.3, 0.4) is 0 Å². The van der Waals surface area contributed by atoms with Gasteiger partial charge in [0.2, 0.25) is 0 Å². The Balaban J connectivity index is 2.30. The number of hydrogen-bond donors (Lipinski definition) is 1. The van der Waals surface area contributed by atoms with Crippen LogP contribution in [0.1, 0.15) is 16.8 Å². The topological polar surface area (TPSA) is 50.2 Å². The van der Waals surface area contributed by atoms with E-state index in [1.54, 1.807) is 5.38 Å². The van der Waals surface area contributed by atoms with Crippen LogP contribution in [0.4, 0.5) is 0 Å². The van der Waals surface area contributed by atoms with Gasteiger partial charge in [-0.25, -0.2) is 4.98 Å². The van der Waals surface area contributed by atoms with E-state index in [1.165, 1.54) is 22.5 Å². The standard InChI is InChI=1S/C13H13NO2S/c1-8-3-4-10(5-9(8)2)13-14-11(7-17-13)6-12(15)16/h3-5,7H,6H2,1-2H3,(H,15,16). The van der Waals surface area contributed by atoms with Gasteiger partial charge in [-0.2, -0.15) is 0 Å². The van der Waals surface area contributed by atoms with Crippen molar-refractivity contribution in [3.8, 4) is 10.6 Å². The highest BCUT2D eigenvalue weighted by atomic mass is 32.1. The Hall–Kier alpha value is -1.68. The average Bonchev–Trinajstić information content (AvgIpc) is 2.69. The number of nitrogens with zero attached hydrogens (tertiary/aromatic N) is 1. The third-order valence-corrected chi connectivity index (χ3v) is 3.58. The van der Waals surface area contributed by atoms with E-state index in [4.69, 9.17) is 5.11 Å². The average molecular weight is 247 g/mol. The molecule has 0 radical (unpaired) electrons. The number of benzene rings is 1. The molecule has 0 aliphatic rings. The molecule has 0 spiro atoms. The van der Waals surface area contributed by atoms with Gasteiger partial charge in [-0.1, -0.05) is 12.1 Å². The lowest BCUT2D eigenvalue weighted by molar-refractivity contribution is -0.136. The van der Waals surface area contributed by atoms with Gasteiger partial charge in [0.15, 0.2) is 0 Å². The summed E-state index contributed by atoms with van der Waals surface area (Å²) in [6.07, 6.45) is -0.0126. The number of aromatic nitrogens is 1. The summed E-state index contributed by atoms with van der Waals surface area (Å²) in [6.45, 7) is 4.13. The molecule has 1 aromatic carbocycles. The molecule has 0 bridgehead atoms. The third kappa shape index (κ3) is 2.71. The number of rotatable bonds is 3. The van der Waals surface area contributed by atoms with Crippen molar-refractivity contribution >= 4 is 17.3 Å². The quantitative estimate of drug-likeness (QED) is 0.906. The fourth-order valence-electron chi connectivity index (χ4n) is 1.55. The fraction of sp³-hybridized carbons (Fsp3) is 0.231. The molecule has 0 fully saturated rings. The second-order valence-corrected chi connectivity index (χ2v) is 4.87. The summed E-state index contributed by atoms with van der Waals surface area (Å²) in [4.78, 5) is 14.9. The van der Waals surface area contributed by atoms with Gasteiger partial charge < -0.3 is 5.11 Å². The molecule has 4 heteroatoms. The van der Waals surface area contributed by atoms with E-state index in [2.05, 4.69) is 31.0 Å². The van der Waals surface area contributed by atoms with Crippen molar-refractivity contribution < 1.29 is 9.90 Å². The first-order valence-corrected chi connectivity index (χ1v) is 6.18. The monoisotopic (exact) mass is 247 g/mol. The molecule has 0 saturated heterocycles. The van der Waals surface area contributed by atoms with E-state index in [9.17, 15) is 4.79 Å². The van der Waals surface area contributed by atoms with E-state index >= 15 is 0 Å². The van der Waals surface area contributed by atoms with Crippen molar-refractivity contribution in [1.29, 1.82) is 0 Å². The second kappa shape index (κ2) is 4.67. The molecule has 17 heavy (non-hydrogen) atoms. The summed E-state index contributed by atoms with van der Waals surface area (Å²) in [5.41, 5.74) is 4.14. The number of carbonyl (C=O) groups is 1. The van der Waals surface area contributed by atoms with Gasteiger partial charge in [0.25, 0.3) is 0 Å². The molecule has 1 heterocycles. The SMILES string of the molecule is Cc1ccc(-c2nc(CC(=O)O)cs2)cc1C. The molecule has 0 unspecified atom stereocenters. The zero-order valence-corrected chi connectivity index (χ0v) is 10.5. The van der Waals surface area contributed by atoms with Crippen LogP contribution in [0, 0.1) is 13.8 Å². The van der Waals surface area contributed by atoms with Crippen LogP contribution in [0.2, 0.25) is 0 Å². The first-order chi connectivity index (χ1) is 8.06. The Kier molecular flexibility index (Phi) is 3.24. The van der Waals surface area contributed by atoms with Gasteiger partial charge in [-0.15, -0.1) is 11.3 Å². The van der Waals surface area contributed by atoms with Crippen molar-refractivity contribution in [2.24, 2.45) is 0 Å². The molecule has 0 aliphatic carbocycles. The van der Waals surface area contributed by atoms with Crippen molar-refractivity contribution in [2.45, 2.75) is 20.3 Å². The maximum atomic E-state index is 10.6. The number of carboxylic acids is 1. The largest absolute Gasteiger partial charge is 0.481 e. The van der Waals surface area contributed by atoms with Crippen LogP contribution in [0.25, 0.3) is 10.6 Å². The molecule has 2 rings (SSSR count). The highest BCUT2D eigenvalue weighted by molar-refractivity contribution is 7.13. The summed E-state index contributed by atoms with van der Waals surface area (Å²) < 4.78 is 0. The second-order valence-electron chi connectivity index (χ2n) is 4.01. The van der Waals surface area contributed by atoms with Crippen LogP contribution in [0.15, 0.2) is 23.6 Å². The Bertz CT molecular complexity index is 560. The molecule has 3 nitrogen and oxygen atoms in total. The Morgan fingerprint density at radius 2 is 2.12 bits per heavy atom. The summed E-state index contributed by atoms with van der Waals surface area (Å²) in [7, 11) is 0. The normalized spacial score (nSPS) is 10.5. The highest BCUT2D eigenvalue weighted by Crippen LogP contribution is 2.25. The smallest absolute Gasteiger partial charge is 0.309 e. The van der Waals surface area contributed by atoms with Gasteiger partial charge in [-0.05, 0) is 31.0 Å². The fourth-order valence-corrected chi connectivity index (χ4v) is 2.37. The zero-order valence-electron chi connectivity index (χ0n) is 9.73. The van der Waals surface area contributed by atoms with E-state index in [0.29, 0.717) is 5.69 Å². The minimum atomic E-state index is -0.845. The van der Waals surface area contributed by atoms with Crippen LogP contribution >= 0.6 is 11.3 Å². The molecular weight excluding hydrogens is 234 g/mol. The van der Waals surface area contributed by atoms with Crippen molar-refractivity contribution in [3.63, 3.8) is 0 Å². The first-order valence-electron chi connectivity index (χ1n) is 5.30. The van der Waals surface area contributed by atoms with Crippen molar-refractivity contribution in [1.82, 2.24) is 4.98 Å². The van der Waals surface area contributed by atoms with Gasteiger partial charge in [0, 0.05) is 10.9 Å². The summed E-state index contributed by atoms with van der Waals surface area (Å²) in [6, 6.07) is 6.16. The summed E-state index contributed by atoms with van der Waals surface area (Å²) >= 11 is 1.48. The first kappa shape index (κ1) is 11.8. The predicted molar refractivity (Wildman–Crippen MR) is 68.4 cm³/mol. The van der Waals surface area contributed by atoms with Gasteiger partial charge in [-0.3, -0.25) is 4.79 Å². The van der Waals surface area contributed by atoms with Gasteiger partial charge in [0.1, 0.15) is 5.01 Å². The zero-order chi connectivity index (χ0) is 12.4. The lowest BCUT2D eigenvalue weighted by Gasteiger charge is -2.01. The lowest BCUT2D eigenvalue weighted by Crippen LogP contribution is -1.99. The lowest BCUT2D eigenvalue weighted by atomic mass is 10.1. The van der Waals surface area contributed by atoms with Crippen LogP contribution < -0.4 is 0 Å². The molecule has 1 aromatic heterocycles. The Morgan fingerprint density at radius 3 is 2.76 bits per heavy atom. The van der Waals surface area contributed by atoms with E-state index in [-0.39, 0.29) is 6.42 Å². The van der Waals surface area contributed by atoms with E-state index < -0.39 is 5.97 Å². The number of aliphatic carboxylic acids is 1. The highest BCUT2D eigenvalue weighted by Gasteiger charge is 2.08. The molecule has 0 amide bonds. The number of thiazole rings is 1. The Morgan fingerprint density at radius 1 is 1.35 bits per heavy atom. The third-order valence-electron chi connectivity index (χ3n) is 2.64. The van der Waals surface area contributed by atoms with E-state index in [0.717, 1.165) is 10.6 Å². The van der Waals surface area contributed by atoms with Crippen LogP contribution in [-0.2, 0) is 11.2 Å². The van der Waals surface area contributed by atoms with E-state index in [1.807, 2.05) is 6.07 Å². The molecule has 0 atom stereocenters. The number of hydrogen-bond acceptors (Lipinski definition) is 3. The minimum Gasteiger partial charge on any atom is -0.481 e. The van der Waals surface area contributed by atoms with Crippen LogP contribution in [-0.4, -0.2) is 16.1 Å². The molecule has 0 aliphatic heterocycles. The molecular formula is C13H13NO2S.